The summed E-state index contributed by atoms with van der Waals surface area (Å²) in [5.41, 5.74) is 0.798. The van der Waals surface area contributed by atoms with E-state index in [0.717, 1.165) is 25.0 Å². The maximum Gasteiger partial charge on any atom is 0.255 e. The number of rotatable bonds is 5. The number of nitrogens with zero attached hydrogens (tertiary/aromatic N) is 1. The van der Waals surface area contributed by atoms with Crippen molar-refractivity contribution in [3.05, 3.63) is 35.0 Å². The Morgan fingerprint density at radius 1 is 1.57 bits per heavy atom. The first kappa shape index (κ1) is 14.8. The van der Waals surface area contributed by atoms with Gasteiger partial charge in [0.05, 0.1) is 30.9 Å². The van der Waals surface area contributed by atoms with E-state index in [1.165, 1.54) is 0 Å². The molecule has 1 aromatic rings. The van der Waals surface area contributed by atoms with Gasteiger partial charge in [-0.05, 0) is 30.2 Å². The minimum atomic E-state index is 0.141. The van der Waals surface area contributed by atoms with Gasteiger partial charge in [-0.2, -0.15) is 11.3 Å². The SMILES string of the molecule is C=CCOCC1CC2OCCN(C(=O)c3ccsc3)C2C1. The van der Waals surface area contributed by atoms with Crippen LogP contribution in [0.3, 0.4) is 0 Å². The van der Waals surface area contributed by atoms with Crippen LogP contribution >= 0.6 is 11.3 Å². The molecular weight excluding hydrogens is 286 g/mol. The zero-order valence-corrected chi connectivity index (χ0v) is 12.9. The number of thiophene rings is 1. The van der Waals surface area contributed by atoms with E-state index in [-0.39, 0.29) is 18.1 Å². The summed E-state index contributed by atoms with van der Waals surface area (Å²) in [5.74, 6) is 0.609. The molecule has 2 aliphatic rings. The fourth-order valence-corrected chi connectivity index (χ4v) is 3.94. The lowest BCUT2D eigenvalue weighted by Gasteiger charge is -2.37. The number of fused-ring (bicyclic) bond motifs is 1. The number of hydrogen-bond acceptors (Lipinski definition) is 4. The molecule has 2 heterocycles. The molecule has 5 heteroatoms. The van der Waals surface area contributed by atoms with Crippen molar-refractivity contribution in [3.63, 3.8) is 0 Å². The number of amides is 1. The van der Waals surface area contributed by atoms with Gasteiger partial charge in [-0.3, -0.25) is 4.79 Å². The van der Waals surface area contributed by atoms with Gasteiger partial charge in [0.1, 0.15) is 0 Å². The average molecular weight is 307 g/mol. The molecule has 21 heavy (non-hydrogen) atoms. The van der Waals surface area contributed by atoms with Gasteiger partial charge >= 0.3 is 0 Å². The van der Waals surface area contributed by atoms with E-state index < -0.39 is 0 Å². The summed E-state index contributed by atoms with van der Waals surface area (Å²) >= 11 is 1.56. The maximum atomic E-state index is 12.6. The Balaban J connectivity index is 1.64. The van der Waals surface area contributed by atoms with Crippen molar-refractivity contribution in [2.24, 2.45) is 5.92 Å². The van der Waals surface area contributed by atoms with E-state index in [4.69, 9.17) is 9.47 Å². The summed E-state index contributed by atoms with van der Waals surface area (Å²) in [6.45, 7) is 6.30. The molecule has 114 valence electrons. The van der Waals surface area contributed by atoms with Crippen LogP contribution in [0, 0.1) is 5.92 Å². The van der Waals surface area contributed by atoms with Crippen molar-refractivity contribution < 1.29 is 14.3 Å². The Labute approximate surface area is 129 Å². The normalized spacial score (nSPS) is 28.4. The molecule has 3 atom stereocenters. The smallest absolute Gasteiger partial charge is 0.255 e. The summed E-state index contributed by atoms with van der Waals surface area (Å²) in [6, 6.07) is 2.10. The average Bonchev–Trinajstić information content (AvgIpc) is 3.15. The van der Waals surface area contributed by atoms with Gasteiger partial charge < -0.3 is 14.4 Å². The van der Waals surface area contributed by atoms with Crippen LogP contribution in [0.5, 0.6) is 0 Å². The summed E-state index contributed by atoms with van der Waals surface area (Å²) in [6.07, 6.45) is 3.89. The van der Waals surface area contributed by atoms with E-state index in [1.807, 2.05) is 21.7 Å². The standard InChI is InChI=1S/C16H21NO3S/c1-2-5-19-10-12-8-14-15(9-12)20-6-4-17(14)16(18)13-3-7-21-11-13/h2-3,7,11-12,14-15H,1,4-6,8-10H2. The topological polar surface area (TPSA) is 38.8 Å². The number of ether oxygens (including phenoxy) is 2. The van der Waals surface area contributed by atoms with Crippen molar-refractivity contribution in [1.82, 2.24) is 4.90 Å². The summed E-state index contributed by atoms with van der Waals surface area (Å²) in [7, 11) is 0. The number of carbonyl (C=O) groups excluding carboxylic acids is 1. The minimum absolute atomic E-state index is 0.141. The van der Waals surface area contributed by atoms with Gasteiger partial charge in [0.25, 0.3) is 5.91 Å². The molecule has 0 bridgehead atoms. The van der Waals surface area contributed by atoms with Crippen molar-refractivity contribution in [3.8, 4) is 0 Å². The molecule has 0 N–H and O–H groups in total. The van der Waals surface area contributed by atoms with Crippen LogP contribution in [0.1, 0.15) is 23.2 Å². The third-order valence-electron chi connectivity index (χ3n) is 4.25. The molecule has 1 aromatic heterocycles. The van der Waals surface area contributed by atoms with E-state index in [1.54, 1.807) is 17.4 Å². The third kappa shape index (κ3) is 3.20. The van der Waals surface area contributed by atoms with E-state index in [0.29, 0.717) is 25.7 Å². The first-order chi connectivity index (χ1) is 10.3. The first-order valence-electron chi connectivity index (χ1n) is 7.43. The summed E-state index contributed by atoms with van der Waals surface area (Å²) < 4.78 is 11.4. The molecule has 1 amide bonds. The monoisotopic (exact) mass is 307 g/mol. The van der Waals surface area contributed by atoms with E-state index >= 15 is 0 Å². The fourth-order valence-electron chi connectivity index (χ4n) is 3.31. The van der Waals surface area contributed by atoms with Crippen LogP contribution in [-0.4, -0.2) is 49.3 Å². The maximum absolute atomic E-state index is 12.6. The van der Waals surface area contributed by atoms with Crippen molar-refractivity contribution in [2.75, 3.05) is 26.4 Å². The van der Waals surface area contributed by atoms with E-state index in [2.05, 4.69) is 6.58 Å². The molecule has 0 spiro atoms. The number of hydrogen-bond donors (Lipinski definition) is 0. The molecular formula is C16H21NO3S. The molecule has 1 saturated heterocycles. The lowest BCUT2D eigenvalue weighted by molar-refractivity contribution is -0.0449. The van der Waals surface area contributed by atoms with Crippen molar-refractivity contribution in [2.45, 2.75) is 25.0 Å². The molecule has 4 nitrogen and oxygen atoms in total. The fraction of sp³-hybridized carbons (Fsp3) is 0.562. The van der Waals surface area contributed by atoms with E-state index in [9.17, 15) is 4.79 Å². The Hall–Kier alpha value is -1.17. The predicted molar refractivity (Wildman–Crippen MR) is 82.6 cm³/mol. The van der Waals surface area contributed by atoms with Gasteiger partial charge in [0.2, 0.25) is 0 Å². The molecule has 1 saturated carbocycles. The van der Waals surface area contributed by atoms with Crippen LogP contribution in [0.4, 0.5) is 0 Å². The summed E-state index contributed by atoms with van der Waals surface area (Å²) in [4.78, 5) is 14.6. The van der Waals surface area contributed by atoms with Crippen LogP contribution < -0.4 is 0 Å². The summed E-state index contributed by atoms with van der Waals surface area (Å²) in [5, 5.41) is 3.87. The largest absolute Gasteiger partial charge is 0.377 e. The molecule has 0 radical (unpaired) electrons. The third-order valence-corrected chi connectivity index (χ3v) is 4.94. The molecule has 1 aliphatic heterocycles. The minimum Gasteiger partial charge on any atom is -0.377 e. The Morgan fingerprint density at radius 2 is 2.48 bits per heavy atom. The van der Waals surface area contributed by atoms with Crippen LogP contribution in [-0.2, 0) is 9.47 Å². The molecule has 3 rings (SSSR count). The molecule has 1 aliphatic carbocycles. The Morgan fingerprint density at radius 3 is 3.24 bits per heavy atom. The second-order valence-electron chi connectivity index (χ2n) is 5.65. The first-order valence-corrected chi connectivity index (χ1v) is 8.37. The highest BCUT2D eigenvalue weighted by Crippen LogP contribution is 2.35. The lowest BCUT2D eigenvalue weighted by Crippen LogP contribution is -2.51. The highest BCUT2D eigenvalue weighted by Gasteiger charge is 2.43. The second-order valence-corrected chi connectivity index (χ2v) is 6.43. The molecule has 0 aromatic carbocycles. The number of carbonyl (C=O) groups is 1. The van der Waals surface area contributed by atoms with Gasteiger partial charge in [0.15, 0.2) is 0 Å². The van der Waals surface area contributed by atoms with Gasteiger partial charge in [-0.25, -0.2) is 0 Å². The lowest BCUT2D eigenvalue weighted by atomic mass is 10.1. The van der Waals surface area contributed by atoms with Crippen LogP contribution in [0.15, 0.2) is 29.5 Å². The van der Waals surface area contributed by atoms with Gasteiger partial charge in [-0.1, -0.05) is 6.08 Å². The van der Waals surface area contributed by atoms with Gasteiger partial charge in [-0.15, -0.1) is 6.58 Å². The molecule has 3 unspecified atom stereocenters. The second kappa shape index (κ2) is 6.73. The van der Waals surface area contributed by atoms with Crippen LogP contribution in [0.2, 0.25) is 0 Å². The zero-order chi connectivity index (χ0) is 14.7. The quantitative estimate of drug-likeness (QED) is 0.620. The Kier molecular flexibility index (Phi) is 4.73. The van der Waals surface area contributed by atoms with Crippen molar-refractivity contribution in [1.29, 1.82) is 0 Å². The van der Waals surface area contributed by atoms with Crippen molar-refractivity contribution >= 4 is 17.2 Å². The number of morpholine rings is 1. The highest BCUT2D eigenvalue weighted by molar-refractivity contribution is 7.08. The molecule has 2 fully saturated rings. The van der Waals surface area contributed by atoms with Gasteiger partial charge in [0, 0.05) is 18.5 Å². The highest BCUT2D eigenvalue weighted by atomic mass is 32.1. The van der Waals surface area contributed by atoms with Crippen LogP contribution in [0.25, 0.3) is 0 Å². The zero-order valence-electron chi connectivity index (χ0n) is 12.1. The predicted octanol–water partition coefficient (Wildman–Crippen LogP) is 2.57. The Bertz CT molecular complexity index is 488.